The van der Waals surface area contributed by atoms with E-state index in [4.69, 9.17) is 4.74 Å². The lowest BCUT2D eigenvalue weighted by atomic mass is 10.3. The van der Waals surface area contributed by atoms with E-state index < -0.39 is 0 Å². The lowest BCUT2D eigenvalue weighted by Crippen LogP contribution is -1.98. The van der Waals surface area contributed by atoms with E-state index >= 15 is 0 Å². The highest BCUT2D eigenvalue weighted by Gasteiger charge is 1.97. The van der Waals surface area contributed by atoms with Crippen LogP contribution in [0.3, 0.4) is 0 Å². The van der Waals surface area contributed by atoms with E-state index in [1.807, 2.05) is 31.2 Å². The van der Waals surface area contributed by atoms with Crippen molar-refractivity contribution in [2.24, 2.45) is 0 Å². The Balaban J connectivity index is 2.71. The van der Waals surface area contributed by atoms with Gasteiger partial charge < -0.3 is 10.1 Å². The number of anilines is 1. The highest BCUT2D eigenvalue weighted by Crippen LogP contribution is 2.24. The van der Waals surface area contributed by atoms with Gasteiger partial charge in [-0.05, 0) is 19.1 Å². The number of hydrogen-bond acceptors (Lipinski definition) is 2. The lowest BCUT2D eigenvalue weighted by molar-refractivity contribution is 0.414. The second kappa shape index (κ2) is 5.70. The molecule has 0 aromatic heterocycles. The van der Waals surface area contributed by atoms with Gasteiger partial charge in [-0.3, -0.25) is 0 Å². The van der Waals surface area contributed by atoms with Gasteiger partial charge in [0.15, 0.2) is 0 Å². The molecule has 0 bridgehead atoms. The Morgan fingerprint density at radius 2 is 2.21 bits per heavy atom. The standard InChI is InChI=1S/C11H14BrNO/c1-3-4-5-13-10-6-9(12)7-11(8-10)14-2/h3-4,6-8,13H,5H2,1-2H3/b4-3+. The summed E-state index contributed by atoms with van der Waals surface area (Å²) in [5, 5.41) is 3.26. The summed E-state index contributed by atoms with van der Waals surface area (Å²) < 4.78 is 6.17. The highest BCUT2D eigenvalue weighted by molar-refractivity contribution is 9.10. The molecule has 14 heavy (non-hydrogen) atoms. The van der Waals surface area contributed by atoms with Gasteiger partial charge in [0, 0.05) is 22.8 Å². The molecule has 1 aromatic carbocycles. The third-order valence-electron chi connectivity index (χ3n) is 1.77. The van der Waals surface area contributed by atoms with Gasteiger partial charge in [0.25, 0.3) is 0 Å². The van der Waals surface area contributed by atoms with Gasteiger partial charge in [0.2, 0.25) is 0 Å². The number of nitrogens with one attached hydrogen (secondary N) is 1. The molecule has 0 aliphatic heterocycles. The summed E-state index contributed by atoms with van der Waals surface area (Å²) in [6.07, 6.45) is 4.08. The first-order valence-corrected chi connectivity index (χ1v) is 5.25. The number of hydrogen-bond donors (Lipinski definition) is 1. The summed E-state index contributed by atoms with van der Waals surface area (Å²) in [6, 6.07) is 5.92. The fourth-order valence-corrected chi connectivity index (χ4v) is 1.55. The van der Waals surface area contributed by atoms with Gasteiger partial charge in [-0.15, -0.1) is 0 Å². The van der Waals surface area contributed by atoms with Crippen LogP contribution in [0.4, 0.5) is 5.69 Å². The zero-order valence-electron chi connectivity index (χ0n) is 8.38. The van der Waals surface area contributed by atoms with E-state index in [1.54, 1.807) is 7.11 Å². The third kappa shape index (κ3) is 3.42. The average Bonchev–Trinajstić information content (AvgIpc) is 2.17. The number of rotatable bonds is 4. The summed E-state index contributed by atoms with van der Waals surface area (Å²) in [5.41, 5.74) is 1.05. The molecular weight excluding hydrogens is 242 g/mol. The summed E-state index contributed by atoms with van der Waals surface area (Å²) >= 11 is 3.42. The van der Waals surface area contributed by atoms with Crippen LogP contribution in [-0.2, 0) is 0 Å². The molecule has 0 saturated carbocycles. The molecule has 0 heterocycles. The van der Waals surface area contributed by atoms with Crippen molar-refractivity contribution in [2.45, 2.75) is 6.92 Å². The van der Waals surface area contributed by atoms with Gasteiger partial charge in [-0.25, -0.2) is 0 Å². The SMILES string of the molecule is C/C=C/CNc1cc(Br)cc(OC)c1. The maximum absolute atomic E-state index is 5.15. The maximum Gasteiger partial charge on any atom is 0.122 e. The lowest BCUT2D eigenvalue weighted by Gasteiger charge is -2.06. The summed E-state index contributed by atoms with van der Waals surface area (Å²) in [4.78, 5) is 0. The van der Waals surface area contributed by atoms with E-state index in [9.17, 15) is 0 Å². The smallest absolute Gasteiger partial charge is 0.122 e. The molecule has 1 N–H and O–H groups in total. The average molecular weight is 256 g/mol. The van der Waals surface area contributed by atoms with Crippen LogP contribution in [0.5, 0.6) is 5.75 Å². The van der Waals surface area contributed by atoms with Gasteiger partial charge in [-0.2, -0.15) is 0 Å². The fraction of sp³-hybridized carbons (Fsp3) is 0.273. The predicted molar refractivity (Wildman–Crippen MR) is 64.0 cm³/mol. The quantitative estimate of drug-likeness (QED) is 0.833. The Hall–Kier alpha value is -0.960. The minimum atomic E-state index is 0.829. The summed E-state index contributed by atoms with van der Waals surface area (Å²) in [5.74, 6) is 0.849. The Morgan fingerprint density at radius 1 is 1.43 bits per heavy atom. The first-order chi connectivity index (χ1) is 6.76. The van der Waals surface area contributed by atoms with Crippen LogP contribution in [0.25, 0.3) is 0 Å². The zero-order valence-corrected chi connectivity index (χ0v) is 9.97. The molecule has 0 atom stereocenters. The minimum Gasteiger partial charge on any atom is -0.497 e. The summed E-state index contributed by atoms with van der Waals surface area (Å²) in [7, 11) is 1.66. The second-order valence-corrected chi connectivity index (χ2v) is 3.75. The number of ether oxygens (including phenoxy) is 1. The minimum absolute atomic E-state index is 0.829. The van der Waals surface area contributed by atoms with Crippen molar-refractivity contribution in [2.75, 3.05) is 19.0 Å². The Kier molecular flexibility index (Phi) is 4.53. The molecule has 1 aromatic rings. The Bertz CT molecular complexity index is 323. The van der Waals surface area contributed by atoms with Crippen LogP contribution < -0.4 is 10.1 Å². The molecule has 76 valence electrons. The van der Waals surface area contributed by atoms with Crippen molar-refractivity contribution in [1.82, 2.24) is 0 Å². The monoisotopic (exact) mass is 255 g/mol. The molecule has 1 rings (SSSR count). The first kappa shape index (κ1) is 11.1. The molecule has 0 unspecified atom stereocenters. The molecule has 0 fully saturated rings. The second-order valence-electron chi connectivity index (χ2n) is 2.83. The number of allylic oxidation sites excluding steroid dienone is 1. The predicted octanol–water partition coefficient (Wildman–Crippen LogP) is 3.45. The number of benzene rings is 1. The molecule has 0 radical (unpaired) electrons. The van der Waals surface area contributed by atoms with Crippen LogP contribution >= 0.6 is 15.9 Å². The van der Waals surface area contributed by atoms with E-state index in [0.717, 1.165) is 22.5 Å². The van der Waals surface area contributed by atoms with Gasteiger partial charge in [0.1, 0.15) is 5.75 Å². The van der Waals surface area contributed by atoms with Crippen molar-refractivity contribution in [3.63, 3.8) is 0 Å². The topological polar surface area (TPSA) is 21.3 Å². The van der Waals surface area contributed by atoms with Crippen molar-refractivity contribution in [3.8, 4) is 5.75 Å². The van der Waals surface area contributed by atoms with Crippen LogP contribution in [0.15, 0.2) is 34.8 Å². The molecular formula is C11H14BrNO. The largest absolute Gasteiger partial charge is 0.497 e. The van der Waals surface area contributed by atoms with Crippen molar-refractivity contribution < 1.29 is 4.74 Å². The fourth-order valence-electron chi connectivity index (χ4n) is 1.08. The summed E-state index contributed by atoms with van der Waals surface area (Å²) in [6.45, 7) is 2.83. The van der Waals surface area contributed by atoms with E-state index in [1.165, 1.54) is 0 Å². The van der Waals surface area contributed by atoms with E-state index in [0.29, 0.717) is 0 Å². The highest BCUT2D eigenvalue weighted by atomic mass is 79.9. The third-order valence-corrected chi connectivity index (χ3v) is 2.22. The van der Waals surface area contributed by atoms with E-state index in [-0.39, 0.29) is 0 Å². The molecule has 3 heteroatoms. The Morgan fingerprint density at radius 3 is 2.86 bits per heavy atom. The zero-order chi connectivity index (χ0) is 10.4. The van der Waals surface area contributed by atoms with Gasteiger partial charge in [0.05, 0.1) is 7.11 Å². The molecule has 2 nitrogen and oxygen atoms in total. The van der Waals surface area contributed by atoms with Crippen LogP contribution in [0.2, 0.25) is 0 Å². The Labute approximate surface area is 93.1 Å². The maximum atomic E-state index is 5.15. The molecule has 0 spiro atoms. The van der Waals surface area contributed by atoms with Crippen molar-refractivity contribution >= 4 is 21.6 Å². The van der Waals surface area contributed by atoms with Crippen LogP contribution in [0.1, 0.15) is 6.92 Å². The first-order valence-electron chi connectivity index (χ1n) is 4.46. The molecule has 0 amide bonds. The molecule has 0 saturated heterocycles. The van der Waals surface area contributed by atoms with Gasteiger partial charge in [-0.1, -0.05) is 28.1 Å². The number of halogens is 1. The van der Waals surface area contributed by atoms with E-state index in [2.05, 4.69) is 27.3 Å². The van der Waals surface area contributed by atoms with Crippen molar-refractivity contribution in [1.29, 1.82) is 0 Å². The molecule has 0 aliphatic carbocycles. The molecule has 0 aliphatic rings. The van der Waals surface area contributed by atoms with Crippen LogP contribution in [-0.4, -0.2) is 13.7 Å². The van der Waals surface area contributed by atoms with Crippen LogP contribution in [0, 0.1) is 0 Å². The van der Waals surface area contributed by atoms with Gasteiger partial charge >= 0.3 is 0 Å². The van der Waals surface area contributed by atoms with Crippen molar-refractivity contribution in [3.05, 3.63) is 34.8 Å². The number of methoxy groups -OCH3 is 1. The normalized spacial score (nSPS) is 10.5.